The summed E-state index contributed by atoms with van der Waals surface area (Å²) in [4.78, 5) is 12.8. The molecule has 2 rings (SSSR count). The Morgan fingerprint density at radius 3 is 2.50 bits per heavy atom. The third kappa shape index (κ3) is 6.24. The molecule has 0 aromatic heterocycles. The van der Waals surface area contributed by atoms with Crippen LogP contribution in [0.15, 0.2) is 24.3 Å². The molecule has 20 heavy (non-hydrogen) atoms. The molecule has 0 radical (unpaired) electrons. The second-order valence-corrected chi connectivity index (χ2v) is 4.63. The monoisotopic (exact) mass is 286 g/mol. The van der Waals surface area contributed by atoms with Crippen LogP contribution in [0.5, 0.6) is 0 Å². The molecule has 0 unspecified atom stereocenters. The van der Waals surface area contributed by atoms with E-state index in [1.807, 2.05) is 24.3 Å². The van der Waals surface area contributed by atoms with Crippen LogP contribution < -0.4 is 40.0 Å². The Balaban J connectivity index is 0.00000200. The number of benzene rings is 1. The molecule has 104 valence electrons. The summed E-state index contributed by atoms with van der Waals surface area (Å²) in [7, 11) is 0. The first-order valence-corrected chi connectivity index (χ1v) is 6.57. The average molecular weight is 286 g/mol. The number of carbonyl (C=O) groups excluding carboxylic acids is 1. The predicted octanol–water partition coefficient (Wildman–Crippen LogP) is -3.27. The molecule has 1 heterocycles. The van der Waals surface area contributed by atoms with Gasteiger partial charge in [-0.25, -0.2) is 0 Å². The normalized spacial score (nSPS) is 15.4. The number of nitrogens with zero attached hydrogens (tertiary/aromatic N) is 1. The fraction of sp³-hybridized carbons (Fsp3) is 0.500. The number of carbonyl (C=O) groups is 1. The van der Waals surface area contributed by atoms with Gasteiger partial charge >= 0.3 is 29.6 Å². The minimum Gasteiger partial charge on any atom is -0.550 e. The first kappa shape index (κ1) is 17.5. The van der Waals surface area contributed by atoms with E-state index < -0.39 is 5.97 Å². The van der Waals surface area contributed by atoms with Crippen molar-refractivity contribution in [3.05, 3.63) is 29.8 Å². The number of carboxylic acid groups (broad SMARTS) is 1. The van der Waals surface area contributed by atoms with E-state index in [4.69, 9.17) is 4.74 Å². The van der Waals surface area contributed by atoms with Crippen molar-refractivity contribution < 1.29 is 44.2 Å². The van der Waals surface area contributed by atoms with Crippen LogP contribution in [0.2, 0.25) is 0 Å². The van der Waals surface area contributed by atoms with Gasteiger partial charge in [0.25, 0.3) is 0 Å². The fourth-order valence-electron chi connectivity index (χ4n) is 2.09. The Labute approximate surface area is 141 Å². The molecule has 0 atom stereocenters. The molecule has 1 aliphatic rings. The van der Waals surface area contributed by atoms with Gasteiger partial charge in [0.05, 0.1) is 13.2 Å². The summed E-state index contributed by atoms with van der Waals surface area (Å²) >= 11 is 0. The summed E-state index contributed by atoms with van der Waals surface area (Å²) < 4.78 is 5.29. The van der Waals surface area contributed by atoms with Gasteiger partial charge in [0.15, 0.2) is 0 Å². The molecule has 1 aromatic carbocycles. The topological polar surface area (TPSA) is 64.6 Å². The molecule has 0 spiro atoms. The van der Waals surface area contributed by atoms with Gasteiger partial charge in [0.2, 0.25) is 0 Å². The summed E-state index contributed by atoms with van der Waals surface area (Å²) in [5, 5.41) is 13.8. The van der Waals surface area contributed by atoms with E-state index in [-0.39, 0.29) is 36.0 Å². The maximum absolute atomic E-state index is 10.5. The number of nitrogens with one attached hydrogen (secondary N) is 1. The van der Waals surface area contributed by atoms with Gasteiger partial charge in [-0.3, -0.25) is 4.90 Å². The van der Waals surface area contributed by atoms with Gasteiger partial charge in [-0.15, -0.1) is 0 Å². The first-order valence-electron chi connectivity index (χ1n) is 6.57. The van der Waals surface area contributed by atoms with Gasteiger partial charge < -0.3 is 20.0 Å². The Bertz CT molecular complexity index is 405. The maximum Gasteiger partial charge on any atom is 1.00 e. The second-order valence-electron chi connectivity index (χ2n) is 4.63. The molecule has 0 bridgehead atoms. The van der Waals surface area contributed by atoms with Crippen molar-refractivity contribution in [2.45, 2.75) is 6.42 Å². The molecule has 6 heteroatoms. The van der Waals surface area contributed by atoms with Crippen LogP contribution >= 0.6 is 0 Å². The van der Waals surface area contributed by atoms with Crippen LogP contribution in [-0.4, -0.2) is 50.3 Å². The Kier molecular flexibility index (Phi) is 8.18. The second kappa shape index (κ2) is 9.37. The summed E-state index contributed by atoms with van der Waals surface area (Å²) in [5.41, 5.74) is 1.77. The fourth-order valence-corrected chi connectivity index (χ4v) is 2.09. The van der Waals surface area contributed by atoms with Crippen LogP contribution in [-0.2, 0) is 16.0 Å². The van der Waals surface area contributed by atoms with E-state index in [0.717, 1.165) is 50.6 Å². The third-order valence-electron chi connectivity index (χ3n) is 3.16. The van der Waals surface area contributed by atoms with E-state index in [1.54, 1.807) is 0 Å². The molecule has 0 amide bonds. The summed E-state index contributed by atoms with van der Waals surface area (Å²) in [5.74, 6) is -1.05. The van der Waals surface area contributed by atoms with E-state index in [9.17, 15) is 9.90 Å². The quantitative estimate of drug-likeness (QED) is 0.556. The number of rotatable bonds is 6. The first-order chi connectivity index (χ1) is 9.24. The minimum atomic E-state index is -1.05. The molecule has 1 N–H and O–H groups in total. The van der Waals surface area contributed by atoms with Gasteiger partial charge in [-0.2, -0.15) is 0 Å². The molecule has 1 aromatic rings. The van der Waals surface area contributed by atoms with E-state index >= 15 is 0 Å². The van der Waals surface area contributed by atoms with Crippen molar-refractivity contribution in [2.24, 2.45) is 0 Å². The molecule has 1 saturated heterocycles. The minimum absolute atomic E-state index is 0. The summed E-state index contributed by atoms with van der Waals surface area (Å²) in [6.07, 6.45) is -0.0337. The molecule has 1 aliphatic heterocycles. The molecular weight excluding hydrogens is 267 g/mol. The van der Waals surface area contributed by atoms with E-state index in [0.29, 0.717) is 0 Å². The largest absolute Gasteiger partial charge is 1.00 e. The van der Waals surface area contributed by atoms with E-state index in [1.165, 1.54) is 0 Å². The van der Waals surface area contributed by atoms with Gasteiger partial charge in [-0.05, 0) is 17.7 Å². The van der Waals surface area contributed by atoms with Crippen molar-refractivity contribution >= 4 is 11.7 Å². The number of morpholine rings is 1. The summed E-state index contributed by atoms with van der Waals surface area (Å²) in [6, 6.07) is 7.43. The number of aliphatic carboxylic acids is 1. The van der Waals surface area contributed by atoms with Gasteiger partial charge in [-0.1, -0.05) is 12.1 Å². The number of carboxylic acids is 1. The number of hydrogen-bond acceptors (Lipinski definition) is 5. The molecule has 0 aliphatic carbocycles. The van der Waals surface area contributed by atoms with Crippen LogP contribution in [0.3, 0.4) is 0 Å². The molecular formula is C14H19N2NaO3. The van der Waals surface area contributed by atoms with Crippen LogP contribution in [0.4, 0.5) is 5.69 Å². The molecule has 1 fully saturated rings. The SMILES string of the molecule is O=C([O-])Cc1ccc(NCCN2CCOCC2)cc1.[Na+]. The van der Waals surface area contributed by atoms with E-state index in [2.05, 4.69) is 10.2 Å². The summed E-state index contributed by atoms with van der Waals surface area (Å²) in [6.45, 7) is 5.48. The zero-order chi connectivity index (χ0) is 13.5. The molecule has 0 saturated carbocycles. The average Bonchev–Trinajstić information content (AvgIpc) is 2.41. The maximum atomic E-state index is 10.5. The zero-order valence-electron chi connectivity index (χ0n) is 11.9. The number of ether oxygens (including phenoxy) is 1. The van der Waals surface area contributed by atoms with Crippen molar-refractivity contribution in [1.82, 2.24) is 4.90 Å². The Morgan fingerprint density at radius 1 is 1.25 bits per heavy atom. The molecule has 5 nitrogen and oxygen atoms in total. The van der Waals surface area contributed by atoms with Crippen molar-refractivity contribution in [3.63, 3.8) is 0 Å². The van der Waals surface area contributed by atoms with Crippen LogP contribution in [0.1, 0.15) is 5.56 Å². The smallest absolute Gasteiger partial charge is 0.550 e. The van der Waals surface area contributed by atoms with Crippen molar-refractivity contribution in [2.75, 3.05) is 44.7 Å². The van der Waals surface area contributed by atoms with Crippen molar-refractivity contribution in [1.29, 1.82) is 0 Å². The third-order valence-corrected chi connectivity index (χ3v) is 3.16. The van der Waals surface area contributed by atoms with Crippen LogP contribution in [0.25, 0.3) is 0 Å². The van der Waals surface area contributed by atoms with Crippen molar-refractivity contribution in [3.8, 4) is 0 Å². The van der Waals surface area contributed by atoms with Gasteiger partial charge in [0.1, 0.15) is 0 Å². The zero-order valence-corrected chi connectivity index (χ0v) is 13.9. The van der Waals surface area contributed by atoms with Gasteiger partial charge in [0, 0.05) is 44.3 Å². The Hall–Kier alpha value is -0.590. The Morgan fingerprint density at radius 2 is 1.90 bits per heavy atom. The number of anilines is 1. The standard InChI is InChI=1S/C14H20N2O3.Na/c17-14(18)11-12-1-3-13(4-2-12)15-5-6-16-7-9-19-10-8-16;/h1-4,15H,5-11H2,(H,17,18);/q;+1/p-1. The van der Waals surface area contributed by atoms with Crippen LogP contribution in [0, 0.1) is 0 Å². The number of hydrogen-bond donors (Lipinski definition) is 1. The predicted molar refractivity (Wildman–Crippen MR) is 70.9 cm³/mol.